The molecule has 9 heteroatoms. The van der Waals surface area contributed by atoms with Crippen LogP contribution in [0.15, 0.2) is 94.4 Å². The van der Waals surface area contributed by atoms with Gasteiger partial charge >= 0.3 is 5.97 Å². The summed E-state index contributed by atoms with van der Waals surface area (Å²) >= 11 is 1.30. The Labute approximate surface area is 238 Å². The van der Waals surface area contributed by atoms with E-state index in [4.69, 9.17) is 19.2 Å². The number of fused-ring (bicyclic) bond motifs is 3. The molecule has 0 unspecified atom stereocenters. The van der Waals surface area contributed by atoms with Gasteiger partial charge < -0.3 is 18.8 Å². The average Bonchev–Trinajstić information content (AvgIpc) is 3.68. The Morgan fingerprint density at radius 3 is 2.68 bits per heavy atom. The second-order valence-corrected chi connectivity index (χ2v) is 10.8. The highest BCUT2D eigenvalue weighted by Crippen LogP contribution is 2.40. The van der Waals surface area contributed by atoms with Crippen LogP contribution in [0.1, 0.15) is 29.7 Å². The number of hydrogen-bond donors (Lipinski definition) is 0. The second-order valence-electron chi connectivity index (χ2n) is 9.76. The van der Waals surface area contributed by atoms with Gasteiger partial charge in [-0.3, -0.25) is 9.36 Å². The first-order chi connectivity index (χ1) is 20.0. The van der Waals surface area contributed by atoms with Gasteiger partial charge in [0.25, 0.3) is 5.56 Å². The summed E-state index contributed by atoms with van der Waals surface area (Å²) in [5, 5.41) is 1.05. The third-order valence-corrected chi connectivity index (χ3v) is 8.28. The maximum atomic E-state index is 14.2. The molecule has 1 atom stereocenters. The Morgan fingerprint density at radius 2 is 1.85 bits per heavy atom. The van der Waals surface area contributed by atoms with E-state index >= 15 is 0 Å². The number of aryl methyl sites for hydroxylation is 1. The van der Waals surface area contributed by atoms with Crippen LogP contribution < -0.4 is 24.4 Å². The lowest BCUT2D eigenvalue weighted by atomic mass is 9.93. The highest BCUT2D eigenvalue weighted by Gasteiger charge is 2.36. The normalized spacial score (nSPS) is 16.1. The number of nitrogens with zero attached hydrogens (tertiary/aromatic N) is 3. The Bertz CT molecular complexity index is 2050. The van der Waals surface area contributed by atoms with Crippen LogP contribution in [0.25, 0.3) is 22.7 Å². The largest absolute Gasteiger partial charge is 0.463 e. The van der Waals surface area contributed by atoms with Crippen molar-refractivity contribution in [1.29, 1.82) is 0 Å². The van der Waals surface area contributed by atoms with Crippen LogP contribution in [-0.4, -0.2) is 28.5 Å². The summed E-state index contributed by atoms with van der Waals surface area (Å²) < 4.78 is 20.9. The second kappa shape index (κ2) is 9.94. The minimum Gasteiger partial charge on any atom is -0.463 e. The van der Waals surface area contributed by atoms with Crippen molar-refractivity contribution in [2.24, 2.45) is 12.0 Å². The molecule has 2 aliphatic rings. The molecule has 3 aromatic carbocycles. The first-order valence-corrected chi connectivity index (χ1v) is 14.1. The van der Waals surface area contributed by atoms with Crippen LogP contribution >= 0.6 is 11.3 Å². The van der Waals surface area contributed by atoms with Crippen molar-refractivity contribution in [3.63, 3.8) is 0 Å². The van der Waals surface area contributed by atoms with Crippen LogP contribution in [0.5, 0.6) is 11.5 Å². The molecule has 2 aromatic heterocycles. The number of ether oxygens (including phenoxy) is 3. The lowest BCUT2D eigenvalue weighted by molar-refractivity contribution is -0.138. The summed E-state index contributed by atoms with van der Waals surface area (Å²) in [7, 11) is 1.98. The van der Waals surface area contributed by atoms with E-state index in [0.717, 1.165) is 22.0 Å². The first kappa shape index (κ1) is 25.1. The van der Waals surface area contributed by atoms with Crippen molar-refractivity contribution in [2.75, 3.05) is 13.4 Å². The molecule has 0 spiro atoms. The van der Waals surface area contributed by atoms with Gasteiger partial charge in [0.05, 0.1) is 28.5 Å². The summed E-state index contributed by atoms with van der Waals surface area (Å²) in [6.45, 7) is 2.06. The van der Waals surface area contributed by atoms with Crippen molar-refractivity contribution in [3.05, 3.63) is 121 Å². The van der Waals surface area contributed by atoms with E-state index in [0.29, 0.717) is 37.7 Å². The van der Waals surface area contributed by atoms with Gasteiger partial charge in [-0.15, -0.1) is 0 Å². The lowest BCUT2D eigenvalue weighted by Crippen LogP contribution is -2.40. The first-order valence-electron chi connectivity index (χ1n) is 13.3. The van der Waals surface area contributed by atoms with Crippen molar-refractivity contribution < 1.29 is 19.0 Å². The number of carbonyl (C=O) groups excluding carboxylic acids is 1. The van der Waals surface area contributed by atoms with Crippen LogP contribution in [0.2, 0.25) is 0 Å². The van der Waals surface area contributed by atoms with Crippen LogP contribution in [-0.2, 0) is 16.6 Å². The minimum atomic E-state index is -0.787. The van der Waals surface area contributed by atoms with Crippen LogP contribution in [0.4, 0.5) is 0 Å². The number of aromatic nitrogens is 2. The zero-order valence-corrected chi connectivity index (χ0v) is 23.2. The molecule has 0 bridgehead atoms. The number of hydrogen-bond acceptors (Lipinski definition) is 7. The third kappa shape index (κ3) is 4.17. The molecule has 204 valence electrons. The van der Waals surface area contributed by atoms with Crippen molar-refractivity contribution >= 4 is 40.0 Å². The van der Waals surface area contributed by atoms with Gasteiger partial charge in [-0.1, -0.05) is 65.9 Å². The van der Waals surface area contributed by atoms with E-state index in [9.17, 15) is 9.59 Å². The Hall–Kier alpha value is -4.89. The van der Waals surface area contributed by atoms with Crippen molar-refractivity contribution in [2.45, 2.75) is 13.0 Å². The van der Waals surface area contributed by atoms with Gasteiger partial charge in [0.15, 0.2) is 16.3 Å². The summed E-state index contributed by atoms with van der Waals surface area (Å²) in [4.78, 5) is 33.3. The van der Waals surface area contributed by atoms with Gasteiger partial charge in [0, 0.05) is 35.3 Å². The number of thiazole rings is 1. The number of carbonyl (C=O) groups is 1. The Morgan fingerprint density at radius 1 is 1.07 bits per heavy atom. The molecule has 5 aromatic rings. The molecule has 0 radical (unpaired) electrons. The molecule has 2 aliphatic heterocycles. The summed E-state index contributed by atoms with van der Waals surface area (Å²) in [5.74, 6) is 0.644. The fraction of sp³-hybridized carbons (Fsp3) is 0.156. The molecule has 0 N–H and O–H groups in total. The highest BCUT2D eigenvalue weighted by atomic mass is 32.1. The Balaban J connectivity index is 1.52. The molecule has 7 rings (SSSR count). The predicted molar refractivity (Wildman–Crippen MR) is 157 cm³/mol. The number of para-hydroxylation sites is 1. The SMILES string of the molecule is CCOC(=O)C1=C(c2ccccc2)N=c2s/c(=C/c3cn(C)c4ccccc34)c(=O)n2[C@@H]1c1ccc2c(c1)OCO2. The topological polar surface area (TPSA) is 84.1 Å². The molecule has 0 saturated carbocycles. The summed E-state index contributed by atoms with van der Waals surface area (Å²) in [6, 6.07) is 22.3. The van der Waals surface area contributed by atoms with Crippen LogP contribution in [0.3, 0.4) is 0 Å². The zero-order valence-electron chi connectivity index (χ0n) is 22.4. The summed E-state index contributed by atoms with van der Waals surface area (Å²) in [6.07, 6.45) is 3.91. The van der Waals surface area contributed by atoms with E-state index in [-0.39, 0.29) is 19.0 Å². The maximum absolute atomic E-state index is 14.2. The summed E-state index contributed by atoms with van der Waals surface area (Å²) in [5.41, 5.74) is 3.98. The number of rotatable bonds is 5. The van der Waals surface area contributed by atoms with Crippen molar-refractivity contribution in [1.82, 2.24) is 9.13 Å². The molecular formula is C32H25N3O5S. The molecule has 0 fully saturated rings. The standard InChI is InChI=1S/C32H25N3O5S/c1-3-38-31(37)27-28(19-9-5-4-6-10-19)33-32-35(29(27)20-13-14-24-25(15-20)40-18-39-24)30(36)26(41-32)16-21-17-34(2)23-12-8-7-11-22(21)23/h4-17,29H,3,18H2,1-2H3/b26-16+/t29-/m1/s1. The minimum absolute atomic E-state index is 0.114. The van der Waals surface area contributed by atoms with Crippen LogP contribution in [0, 0.1) is 0 Å². The highest BCUT2D eigenvalue weighted by molar-refractivity contribution is 7.07. The number of esters is 1. The zero-order chi connectivity index (χ0) is 28.1. The third-order valence-electron chi connectivity index (χ3n) is 7.30. The molecule has 0 saturated heterocycles. The van der Waals surface area contributed by atoms with Gasteiger partial charge in [-0.05, 0) is 36.8 Å². The monoisotopic (exact) mass is 563 g/mol. The smallest absolute Gasteiger partial charge is 0.338 e. The van der Waals surface area contributed by atoms with E-state index < -0.39 is 12.0 Å². The van der Waals surface area contributed by atoms with E-state index in [1.165, 1.54) is 11.3 Å². The fourth-order valence-electron chi connectivity index (χ4n) is 5.47. The van der Waals surface area contributed by atoms with Gasteiger partial charge in [0.2, 0.25) is 6.79 Å². The molecule has 41 heavy (non-hydrogen) atoms. The number of benzene rings is 3. The van der Waals surface area contributed by atoms with Gasteiger partial charge in [0.1, 0.15) is 0 Å². The average molecular weight is 564 g/mol. The molecule has 8 nitrogen and oxygen atoms in total. The van der Waals surface area contributed by atoms with Gasteiger partial charge in [-0.2, -0.15) is 0 Å². The predicted octanol–water partition coefficient (Wildman–Crippen LogP) is 4.16. The van der Waals surface area contributed by atoms with Crippen molar-refractivity contribution in [3.8, 4) is 11.5 Å². The molecule has 0 aliphatic carbocycles. The van der Waals surface area contributed by atoms with Gasteiger partial charge in [-0.25, -0.2) is 9.79 Å². The van der Waals surface area contributed by atoms with E-state index in [1.54, 1.807) is 17.6 Å². The maximum Gasteiger partial charge on any atom is 0.338 e. The molecular weight excluding hydrogens is 538 g/mol. The Kier molecular flexibility index (Phi) is 6.09. The quantitative estimate of drug-likeness (QED) is 0.300. The van der Waals surface area contributed by atoms with E-state index in [2.05, 4.69) is 0 Å². The molecule has 0 amide bonds. The lowest BCUT2D eigenvalue weighted by Gasteiger charge is -2.26. The van der Waals surface area contributed by atoms with E-state index in [1.807, 2.05) is 90.6 Å². The molecule has 4 heterocycles. The fourth-order valence-corrected chi connectivity index (χ4v) is 6.46.